The summed E-state index contributed by atoms with van der Waals surface area (Å²) in [4.78, 5) is 14.4. The highest BCUT2D eigenvalue weighted by atomic mass is 32.2. The molecular formula is C23H26N6O3S2. The summed E-state index contributed by atoms with van der Waals surface area (Å²) < 4.78 is 28.3. The molecule has 0 radical (unpaired) electrons. The lowest BCUT2D eigenvalue weighted by atomic mass is 10.1. The van der Waals surface area contributed by atoms with Crippen LogP contribution < -0.4 is 0 Å². The molecule has 0 unspecified atom stereocenters. The molecule has 178 valence electrons. The number of sulfonamides is 1. The Labute approximate surface area is 203 Å². The predicted octanol–water partition coefficient (Wildman–Crippen LogP) is 2.52. The Morgan fingerprint density at radius 2 is 1.76 bits per heavy atom. The molecule has 9 nitrogen and oxygen atoms in total. The van der Waals surface area contributed by atoms with Crippen molar-refractivity contribution in [1.29, 1.82) is 0 Å². The Morgan fingerprint density at radius 3 is 2.47 bits per heavy atom. The van der Waals surface area contributed by atoms with E-state index in [-0.39, 0.29) is 24.7 Å². The van der Waals surface area contributed by atoms with Gasteiger partial charge in [0.2, 0.25) is 21.1 Å². The molecule has 4 rings (SSSR count). The van der Waals surface area contributed by atoms with Crippen molar-refractivity contribution < 1.29 is 13.2 Å². The molecule has 1 aliphatic heterocycles. The number of amides is 1. The number of hydrogen-bond donors (Lipinski definition) is 0. The smallest absolute Gasteiger partial charge is 0.236 e. The fourth-order valence-electron chi connectivity index (χ4n) is 3.51. The molecular weight excluding hydrogens is 472 g/mol. The van der Waals surface area contributed by atoms with E-state index in [1.54, 1.807) is 15.7 Å². The molecule has 0 N–H and O–H groups in total. The fraction of sp³-hybridized carbons (Fsp3) is 0.304. The summed E-state index contributed by atoms with van der Waals surface area (Å²) in [6.45, 7) is 5.28. The highest BCUT2D eigenvalue weighted by molar-refractivity contribution is 7.99. The molecule has 1 fully saturated rings. The van der Waals surface area contributed by atoms with Crippen LogP contribution in [-0.4, -0.2) is 75.7 Å². The van der Waals surface area contributed by atoms with Crippen LogP contribution in [0.25, 0.3) is 11.8 Å². The van der Waals surface area contributed by atoms with Crippen LogP contribution in [0.3, 0.4) is 0 Å². The number of carbonyl (C=O) groups is 1. The lowest BCUT2D eigenvalue weighted by molar-refractivity contribution is -0.129. The van der Waals surface area contributed by atoms with Gasteiger partial charge in [-0.1, -0.05) is 48.2 Å². The van der Waals surface area contributed by atoms with Gasteiger partial charge in [-0.25, -0.2) is 8.42 Å². The summed E-state index contributed by atoms with van der Waals surface area (Å²) in [6, 6.07) is 15.2. The molecule has 2 heterocycles. The van der Waals surface area contributed by atoms with Crippen molar-refractivity contribution in [3.8, 4) is 5.69 Å². The Balaban J connectivity index is 1.31. The first-order chi connectivity index (χ1) is 16.3. The van der Waals surface area contributed by atoms with Gasteiger partial charge in [0.1, 0.15) is 0 Å². The zero-order valence-electron chi connectivity index (χ0n) is 19.0. The molecule has 1 aromatic heterocycles. The van der Waals surface area contributed by atoms with Gasteiger partial charge in [-0.3, -0.25) is 4.79 Å². The van der Waals surface area contributed by atoms with Gasteiger partial charge in [-0.15, -0.1) is 5.10 Å². The molecule has 3 aromatic rings. The van der Waals surface area contributed by atoms with E-state index in [4.69, 9.17) is 0 Å². The van der Waals surface area contributed by atoms with Gasteiger partial charge in [0.15, 0.2) is 0 Å². The van der Waals surface area contributed by atoms with Crippen LogP contribution in [0.4, 0.5) is 0 Å². The molecule has 11 heteroatoms. The van der Waals surface area contributed by atoms with Gasteiger partial charge < -0.3 is 4.90 Å². The lowest BCUT2D eigenvalue weighted by Gasteiger charge is -2.33. The number of carbonyl (C=O) groups excluding carboxylic acids is 1. The molecule has 1 aliphatic rings. The number of rotatable bonds is 7. The molecule has 1 saturated heterocycles. The third-order valence-electron chi connectivity index (χ3n) is 5.68. The molecule has 0 atom stereocenters. The zero-order valence-corrected chi connectivity index (χ0v) is 20.7. The lowest BCUT2D eigenvalue weighted by Crippen LogP contribution is -2.50. The number of aromatic nitrogens is 4. The Hall–Kier alpha value is -3.02. The van der Waals surface area contributed by atoms with Gasteiger partial charge in [-0.05, 0) is 59.2 Å². The molecule has 1 amide bonds. The van der Waals surface area contributed by atoms with E-state index < -0.39 is 10.0 Å². The zero-order chi connectivity index (χ0) is 24.1. The summed E-state index contributed by atoms with van der Waals surface area (Å²) in [6.07, 6.45) is 1.59. The maximum Gasteiger partial charge on any atom is 0.236 e. The minimum Gasteiger partial charge on any atom is -0.339 e. The Morgan fingerprint density at radius 1 is 1.03 bits per heavy atom. The van der Waals surface area contributed by atoms with E-state index in [1.807, 2.05) is 62.4 Å². The summed E-state index contributed by atoms with van der Waals surface area (Å²) >= 11 is 1.27. The molecule has 0 bridgehead atoms. The largest absolute Gasteiger partial charge is 0.339 e. The van der Waals surface area contributed by atoms with Gasteiger partial charge in [-0.2, -0.15) is 8.99 Å². The predicted molar refractivity (Wildman–Crippen MR) is 132 cm³/mol. The summed E-state index contributed by atoms with van der Waals surface area (Å²) in [7, 11) is -3.54. The van der Waals surface area contributed by atoms with Crippen molar-refractivity contribution in [3.05, 3.63) is 70.6 Å². The highest BCUT2D eigenvalue weighted by Crippen LogP contribution is 2.21. The van der Waals surface area contributed by atoms with Crippen LogP contribution in [0.1, 0.15) is 16.7 Å². The normalized spacial score (nSPS) is 15.2. The fourth-order valence-corrected chi connectivity index (χ4v) is 5.48. The van der Waals surface area contributed by atoms with Crippen molar-refractivity contribution in [3.63, 3.8) is 0 Å². The third kappa shape index (κ3) is 5.72. The minimum atomic E-state index is -3.54. The number of hydrogen-bond acceptors (Lipinski definition) is 7. The standard InChI is InChI=1S/C23H26N6O3S2/c1-18-8-9-21(16-19(18)2)29-23(24-25-26-29)33-17-22(30)27-11-13-28(14-12-27)34(31,32)15-10-20-6-4-3-5-7-20/h3-10,15-16H,11-14,17H2,1-2H3/b15-10+. The topological polar surface area (TPSA) is 101 Å². The number of aryl methyl sites for hydroxylation is 2. The number of nitrogens with zero attached hydrogens (tertiary/aromatic N) is 6. The van der Waals surface area contributed by atoms with Crippen molar-refractivity contribution in [2.75, 3.05) is 31.9 Å². The van der Waals surface area contributed by atoms with Crippen LogP contribution in [0, 0.1) is 13.8 Å². The summed E-state index contributed by atoms with van der Waals surface area (Å²) in [5.74, 6) is 0.0998. The SMILES string of the molecule is Cc1ccc(-n2nnnc2SCC(=O)N2CCN(S(=O)(=O)/C=C/c3ccccc3)CC2)cc1C. The first kappa shape index (κ1) is 24.1. The van der Waals surface area contributed by atoms with Crippen molar-refractivity contribution in [2.24, 2.45) is 0 Å². The van der Waals surface area contributed by atoms with Gasteiger partial charge in [0.25, 0.3) is 0 Å². The second-order valence-corrected chi connectivity index (χ2v) is 10.7. The van der Waals surface area contributed by atoms with Crippen LogP contribution in [-0.2, 0) is 14.8 Å². The van der Waals surface area contributed by atoms with Crippen molar-refractivity contribution >= 4 is 33.8 Å². The summed E-state index contributed by atoms with van der Waals surface area (Å²) in [5.41, 5.74) is 3.97. The maximum atomic E-state index is 12.8. The minimum absolute atomic E-state index is 0.0727. The van der Waals surface area contributed by atoms with Crippen LogP contribution in [0.15, 0.2) is 59.1 Å². The van der Waals surface area contributed by atoms with Crippen LogP contribution in [0.2, 0.25) is 0 Å². The van der Waals surface area contributed by atoms with Gasteiger partial charge in [0, 0.05) is 31.6 Å². The quantitative estimate of drug-likeness (QED) is 0.461. The molecule has 0 saturated carbocycles. The Bertz CT molecular complexity index is 1280. The molecule has 2 aromatic carbocycles. The average Bonchev–Trinajstić information content (AvgIpc) is 3.32. The highest BCUT2D eigenvalue weighted by Gasteiger charge is 2.27. The van der Waals surface area contributed by atoms with E-state index in [2.05, 4.69) is 15.5 Å². The summed E-state index contributed by atoms with van der Waals surface area (Å²) in [5, 5.41) is 13.6. The second-order valence-electron chi connectivity index (χ2n) is 7.97. The van der Waals surface area contributed by atoms with Gasteiger partial charge in [0.05, 0.1) is 11.4 Å². The average molecular weight is 499 g/mol. The van der Waals surface area contributed by atoms with Crippen LogP contribution in [0.5, 0.6) is 0 Å². The number of thioether (sulfide) groups is 1. The molecule has 34 heavy (non-hydrogen) atoms. The number of piperazine rings is 1. The van der Waals surface area contributed by atoms with Crippen molar-refractivity contribution in [1.82, 2.24) is 29.4 Å². The molecule has 0 aliphatic carbocycles. The van der Waals surface area contributed by atoms with Crippen molar-refractivity contribution in [2.45, 2.75) is 19.0 Å². The van der Waals surface area contributed by atoms with E-state index in [9.17, 15) is 13.2 Å². The Kier molecular flexibility index (Phi) is 7.44. The number of benzene rings is 2. The van der Waals surface area contributed by atoms with E-state index in [1.165, 1.54) is 27.0 Å². The molecule has 0 spiro atoms. The maximum absolute atomic E-state index is 12.8. The van der Waals surface area contributed by atoms with E-state index >= 15 is 0 Å². The first-order valence-electron chi connectivity index (χ1n) is 10.8. The van der Waals surface area contributed by atoms with Crippen LogP contribution >= 0.6 is 11.8 Å². The van der Waals surface area contributed by atoms with E-state index in [0.717, 1.165) is 16.8 Å². The first-order valence-corrected chi connectivity index (χ1v) is 13.3. The monoisotopic (exact) mass is 498 g/mol. The number of tetrazole rings is 1. The van der Waals surface area contributed by atoms with Gasteiger partial charge >= 0.3 is 0 Å². The third-order valence-corrected chi connectivity index (χ3v) is 8.15. The van der Waals surface area contributed by atoms with E-state index in [0.29, 0.717) is 18.2 Å². The second kappa shape index (κ2) is 10.5.